The molecule has 2 aromatic carbocycles. The van der Waals surface area contributed by atoms with Crippen molar-refractivity contribution in [2.75, 3.05) is 29.2 Å². The van der Waals surface area contributed by atoms with Crippen molar-refractivity contribution in [3.8, 4) is 11.4 Å². The number of amides is 2. The molecule has 2 N–H and O–H groups in total. The van der Waals surface area contributed by atoms with E-state index in [1.54, 1.807) is 25.8 Å². The van der Waals surface area contributed by atoms with Crippen LogP contribution >= 0.6 is 11.8 Å². The van der Waals surface area contributed by atoms with Gasteiger partial charge >= 0.3 is 0 Å². The maximum absolute atomic E-state index is 12.9. The van der Waals surface area contributed by atoms with Gasteiger partial charge in [-0.05, 0) is 42.2 Å². The van der Waals surface area contributed by atoms with Crippen molar-refractivity contribution in [2.24, 2.45) is 7.05 Å². The number of rotatable bonds is 8. The molecule has 2 amide bonds. The van der Waals surface area contributed by atoms with E-state index >= 15 is 0 Å². The molecule has 1 heterocycles. The number of carbonyl (C=O) groups is 2. The summed E-state index contributed by atoms with van der Waals surface area (Å²) in [4.78, 5) is 38.0. The fourth-order valence-corrected chi connectivity index (χ4v) is 4.20. The van der Waals surface area contributed by atoms with Crippen LogP contribution in [-0.4, -0.2) is 39.8 Å². The van der Waals surface area contributed by atoms with E-state index in [-0.39, 0.29) is 40.0 Å². The molecule has 9 heteroatoms. The molecule has 0 bridgehead atoms. The van der Waals surface area contributed by atoms with Crippen molar-refractivity contribution in [1.29, 1.82) is 0 Å². The topological polar surface area (TPSA) is 94.4 Å². The quantitative estimate of drug-likeness (QED) is 0.490. The van der Waals surface area contributed by atoms with E-state index < -0.39 is 0 Å². The van der Waals surface area contributed by atoms with Gasteiger partial charge < -0.3 is 15.4 Å². The summed E-state index contributed by atoms with van der Waals surface area (Å²) in [5.41, 5.74) is 2.86. The average molecular weight is 497 g/mol. The number of benzene rings is 2. The molecule has 0 saturated carbocycles. The van der Waals surface area contributed by atoms with Crippen molar-refractivity contribution < 1.29 is 14.3 Å². The second kappa shape index (κ2) is 10.9. The van der Waals surface area contributed by atoms with Crippen molar-refractivity contribution in [2.45, 2.75) is 33.1 Å². The molecule has 0 aliphatic carbocycles. The zero-order valence-electron chi connectivity index (χ0n) is 21.0. The Balaban J connectivity index is 1.60. The summed E-state index contributed by atoms with van der Waals surface area (Å²) < 4.78 is 8.58. The molecule has 0 fully saturated rings. The smallest absolute Gasteiger partial charge is 0.295 e. The van der Waals surface area contributed by atoms with Gasteiger partial charge in [-0.2, -0.15) is 0 Å². The number of methoxy groups -OCH3 is 1. The Morgan fingerprint density at radius 1 is 1.00 bits per heavy atom. The van der Waals surface area contributed by atoms with Gasteiger partial charge in [0.25, 0.3) is 5.56 Å². The zero-order chi connectivity index (χ0) is 25.8. The van der Waals surface area contributed by atoms with E-state index in [1.165, 1.54) is 16.4 Å². The van der Waals surface area contributed by atoms with Crippen LogP contribution in [0.3, 0.4) is 0 Å². The molecule has 0 atom stereocenters. The van der Waals surface area contributed by atoms with Gasteiger partial charge in [-0.1, -0.05) is 45.0 Å². The molecule has 3 aromatic rings. The first kappa shape index (κ1) is 26.2. The lowest BCUT2D eigenvalue weighted by Gasteiger charge is -2.21. The molecule has 0 aliphatic rings. The second-order valence-corrected chi connectivity index (χ2v) is 10.2. The number of anilines is 2. The number of para-hydroxylation sites is 1. The molecule has 0 spiro atoms. The Labute approximate surface area is 209 Å². The fraction of sp³-hybridized carbons (Fsp3) is 0.346. The largest absolute Gasteiger partial charge is 0.495 e. The molecule has 1 aromatic heterocycles. The molecular formula is C26H32N4O4S. The van der Waals surface area contributed by atoms with Crippen molar-refractivity contribution in [3.63, 3.8) is 0 Å². The summed E-state index contributed by atoms with van der Waals surface area (Å²) in [6.07, 6.45) is 0. The van der Waals surface area contributed by atoms with Gasteiger partial charge in [0.1, 0.15) is 11.4 Å². The molecular weight excluding hydrogens is 464 g/mol. The Morgan fingerprint density at radius 2 is 1.63 bits per heavy atom. The summed E-state index contributed by atoms with van der Waals surface area (Å²) in [5, 5.41) is 5.58. The van der Waals surface area contributed by atoms with E-state index in [1.807, 2.05) is 48.5 Å². The number of aromatic nitrogens is 2. The number of thioether (sulfide) groups is 1. The summed E-state index contributed by atoms with van der Waals surface area (Å²) in [5.74, 6) is 0.100. The highest BCUT2D eigenvalue weighted by Crippen LogP contribution is 2.31. The van der Waals surface area contributed by atoms with Crippen LogP contribution < -0.4 is 20.9 Å². The zero-order valence-corrected chi connectivity index (χ0v) is 21.8. The van der Waals surface area contributed by atoms with Crippen LogP contribution in [0.25, 0.3) is 5.69 Å². The number of ether oxygens (including phenoxy) is 1. The lowest BCUT2D eigenvalue weighted by atomic mass is 9.87. The molecule has 0 unspecified atom stereocenters. The molecule has 186 valence electrons. The number of nitrogens with one attached hydrogen (secondary N) is 2. The Kier molecular flexibility index (Phi) is 8.11. The molecule has 3 rings (SSSR count). The maximum Gasteiger partial charge on any atom is 0.295 e. The predicted molar refractivity (Wildman–Crippen MR) is 142 cm³/mol. The van der Waals surface area contributed by atoms with E-state index in [2.05, 4.69) is 31.4 Å². The van der Waals surface area contributed by atoms with Gasteiger partial charge in [0.2, 0.25) is 11.8 Å². The minimum atomic E-state index is -0.346. The van der Waals surface area contributed by atoms with E-state index in [0.717, 1.165) is 5.56 Å². The van der Waals surface area contributed by atoms with Crippen LogP contribution in [0.15, 0.2) is 53.3 Å². The minimum Gasteiger partial charge on any atom is -0.495 e. The standard InChI is InChI=1S/C26H32N4O4S/c1-17-24(25(33)30(29(17)5)19-10-8-7-9-11-19)28-23(32)16-35-15-22(31)27-20-14-18(26(2,3)4)12-13-21(20)34-6/h7-14H,15-16H2,1-6H3,(H,27,31)(H,28,32). The molecule has 0 saturated heterocycles. The number of carbonyl (C=O) groups excluding carboxylic acids is 2. The number of hydrogen-bond acceptors (Lipinski definition) is 5. The SMILES string of the molecule is COc1ccc(C(C)(C)C)cc1NC(=O)CSCC(=O)Nc1c(C)n(C)n(-c2ccccc2)c1=O. The summed E-state index contributed by atoms with van der Waals surface area (Å²) in [7, 11) is 3.32. The first-order chi connectivity index (χ1) is 16.5. The molecule has 0 aliphatic heterocycles. The highest BCUT2D eigenvalue weighted by molar-refractivity contribution is 8.00. The van der Waals surface area contributed by atoms with E-state index in [0.29, 0.717) is 22.8 Å². The summed E-state index contributed by atoms with van der Waals surface area (Å²) in [6.45, 7) is 8.06. The minimum absolute atomic E-state index is 0.0334. The normalized spacial score (nSPS) is 11.3. The first-order valence-corrected chi connectivity index (χ1v) is 12.4. The Bertz CT molecular complexity index is 1270. The monoisotopic (exact) mass is 496 g/mol. The number of nitrogens with zero attached hydrogens (tertiary/aromatic N) is 2. The molecule has 0 radical (unpaired) electrons. The van der Waals surface area contributed by atoms with Crippen molar-refractivity contribution in [3.05, 3.63) is 70.1 Å². The highest BCUT2D eigenvalue weighted by atomic mass is 32.2. The third kappa shape index (κ3) is 6.16. The van der Waals surface area contributed by atoms with Crippen LogP contribution in [0.5, 0.6) is 5.75 Å². The van der Waals surface area contributed by atoms with Crippen LogP contribution in [0.1, 0.15) is 32.0 Å². The third-order valence-electron chi connectivity index (χ3n) is 5.62. The van der Waals surface area contributed by atoms with Crippen molar-refractivity contribution >= 4 is 35.0 Å². The van der Waals surface area contributed by atoms with Gasteiger partial charge in [0.05, 0.1) is 35.7 Å². The fourth-order valence-electron chi connectivity index (χ4n) is 3.58. The molecule has 35 heavy (non-hydrogen) atoms. The first-order valence-electron chi connectivity index (χ1n) is 11.2. The second-order valence-electron chi connectivity index (χ2n) is 9.19. The Hall–Kier alpha value is -3.46. The van der Waals surface area contributed by atoms with Crippen LogP contribution in [0, 0.1) is 6.92 Å². The van der Waals surface area contributed by atoms with Crippen LogP contribution in [0.2, 0.25) is 0 Å². The maximum atomic E-state index is 12.9. The average Bonchev–Trinajstić information content (AvgIpc) is 3.02. The van der Waals surface area contributed by atoms with Gasteiger partial charge in [-0.25, -0.2) is 4.68 Å². The van der Waals surface area contributed by atoms with Crippen LogP contribution in [0.4, 0.5) is 11.4 Å². The van der Waals surface area contributed by atoms with Gasteiger partial charge in [0, 0.05) is 7.05 Å². The number of hydrogen-bond donors (Lipinski definition) is 2. The van der Waals surface area contributed by atoms with Gasteiger partial charge in [-0.3, -0.25) is 19.1 Å². The van der Waals surface area contributed by atoms with Gasteiger partial charge in [0.15, 0.2) is 0 Å². The van der Waals surface area contributed by atoms with Gasteiger partial charge in [-0.15, -0.1) is 11.8 Å². The predicted octanol–water partition coefficient (Wildman–Crippen LogP) is 4.10. The van der Waals surface area contributed by atoms with Crippen molar-refractivity contribution in [1.82, 2.24) is 9.36 Å². The highest BCUT2D eigenvalue weighted by Gasteiger charge is 2.19. The third-order valence-corrected chi connectivity index (χ3v) is 6.56. The van der Waals surface area contributed by atoms with E-state index in [4.69, 9.17) is 4.74 Å². The summed E-state index contributed by atoms with van der Waals surface area (Å²) in [6, 6.07) is 14.9. The lowest BCUT2D eigenvalue weighted by molar-refractivity contribution is -0.114. The molecule has 8 nitrogen and oxygen atoms in total. The van der Waals surface area contributed by atoms with E-state index in [9.17, 15) is 14.4 Å². The Morgan fingerprint density at radius 3 is 2.23 bits per heavy atom. The summed E-state index contributed by atoms with van der Waals surface area (Å²) >= 11 is 1.17. The lowest BCUT2D eigenvalue weighted by Crippen LogP contribution is -2.24. The van der Waals surface area contributed by atoms with Crippen LogP contribution in [-0.2, 0) is 22.1 Å².